The summed E-state index contributed by atoms with van der Waals surface area (Å²) in [7, 11) is 1.60. The van der Waals surface area contributed by atoms with E-state index in [-0.39, 0.29) is 0 Å². The lowest BCUT2D eigenvalue weighted by Gasteiger charge is -2.10. The Labute approximate surface area is 127 Å². The van der Waals surface area contributed by atoms with Gasteiger partial charge in [0.1, 0.15) is 11.5 Å². The van der Waals surface area contributed by atoms with Crippen molar-refractivity contribution >= 4 is 21.8 Å². The third-order valence-corrected chi connectivity index (χ3v) is 3.62. The van der Waals surface area contributed by atoms with Gasteiger partial charge in [0, 0.05) is 28.6 Å². The van der Waals surface area contributed by atoms with E-state index >= 15 is 0 Å². The molecule has 0 fully saturated rings. The highest BCUT2D eigenvalue weighted by molar-refractivity contribution is 5.86. The van der Waals surface area contributed by atoms with Crippen LogP contribution in [0.5, 0.6) is 17.4 Å². The van der Waals surface area contributed by atoms with Crippen LogP contribution in [-0.4, -0.2) is 17.1 Å². The van der Waals surface area contributed by atoms with Gasteiger partial charge in [-0.25, -0.2) is 4.98 Å². The fourth-order valence-electron chi connectivity index (χ4n) is 2.53. The van der Waals surface area contributed by atoms with Crippen molar-refractivity contribution in [2.24, 2.45) is 0 Å². The molecule has 0 amide bonds. The van der Waals surface area contributed by atoms with Gasteiger partial charge in [-0.3, -0.25) is 0 Å². The number of hydrogen-bond donors (Lipinski definition) is 1. The second-order valence-electron chi connectivity index (χ2n) is 5.01. The lowest BCUT2D eigenvalue weighted by atomic mass is 10.2. The van der Waals surface area contributed by atoms with Crippen LogP contribution in [-0.2, 0) is 0 Å². The van der Waals surface area contributed by atoms with Crippen LogP contribution in [0, 0.1) is 0 Å². The molecule has 0 bridgehead atoms. The number of nitrogens with zero attached hydrogens (tertiary/aromatic N) is 1. The molecule has 4 heteroatoms. The molecule has 4 aromatic rings. The Kier molecular flexibility index (Phi) is 2.93. The zero-order valence-electron chi connectivity index (χ0n) is 12.0. The molecule has 2 heterocycles. The van der Waals surface area contributed by atoms with Crippen LogP contribution in [0.3, 0.4) is 0 Å². The van der Waals surface area contributed by atoms with E-state index in [4.69, 9.17) is 9.47 Å². The zero-order chi connectivity index (χ0) is 14.9. The number of pyridine rings is 1. The van der Waals surface area contributed by atoms with E-state index in [1.54, 1.807) is 7.11 Å². The molecule has 0 unspecified atom stereocenters. The first-order valence-electron chi connectivity index (χ1n) is 7.02. The monoisotopic (exact) mass is 290 g/mol. The second-order valence-corrected chi connectivity index (χ2v) is 5.01. The fraction of sp³-hybridized carbons (Fsp3) is 0.0556. The summed E-state index contributed by atoms with van der Waals surface area (Å²) in [5.41, 5.74) is 1.93. The number of hydrogen-bond acceptors (Lipinski definition) is 3. The van der Waals surface area contributed by atoms with Gasteiger partial charge in [-0.05, 0) is 36.4 Å². The number of ether oxygens (including phenoxy) is 2. The Morgan fingerprint density at radius 3 is 2.82 bits per heavy atom. The lowest BCUT2D eigenvalue weighted by molar-refractivity contribution is 0.395. The van der Waals surface area contributed by atoms with Crippen LogP contribution in [0.2, 0.25) is 0 Å². The highest BCUT2D eigenvalue weighted by atomic mass is 16.5. The molecule has 0 atom stereocenters. The van der Waals surface area contributed by atoms with Crippen molar-refractivity contribution in [1.82, 2.24) is 9.97 Å². The number of rotatable bonds is 3. The van der Waals surface area contributed by atoms with E-state index in [9.17, 15) is 0 Å². The first-order valence-corrected chi connectivity index (χ1v) is 7.02. The van der Waals surface area contributed by atoms with Crippen molar-refractivity contribution < 1.29 is 9.47 Å². The Bertz CT molecular complexity index is 960. The van der Waals surface area contributed by atoms with Crippen LogP contribution in [0.15, 0.2) is 60.8 Å². The minimum Gasteiger partial charge on any atom is -0.481 e. The number of H-pyrrole nitrogens is 1. The highest BCUT2D eigenvalue weighted by Gasteiger charge is 2.08. The molecule has 0 saturated carbocycles. The van der Waals surface area contributed by atoms with E-state index in [0.717, 1.165) is 33.3 Å². The van der Waals surface area contributed by atoms with Crippen LogP contribution >= 0.6 is 0 Å². The molecule has 1 N–H and O–H groups in total. The van der Waals surface area contributed by atoms with Crippen LogP contribution in [0.4, 0.5) is 0 Å². The van der Waals surface area contributed by atoms with E-state index in [2.05, 4.69) is 9.97 Å². The molecule has 108 valence electrons. The van der Waals surface area contributed by atoms with Crippen molar-refractivity contribution in [1.29, 1.82) is 0 Å². The maximum atomic E-state index is 6.08. The van der Waals surface area contributed by atoms with Gasteiger partial charge in [0.05, 0.1) is 12.6 Å². The summed E-state index contributed by atoms with van der Waals surface area (Å²) < 4.78 is 11.3. The third-order valence-electron chi connectivity index (χ3n) is 3.62. The van der Waals surface area contributed by atoms with Crippen LogP contribution in [0.25, 0.3) is 21.8 Å². The summed E-state index contributed by atoms with van der Waals surface area (Å²) in [4.78, 5) is 7.60. The molecule has 0 aliphatic rings. The topological polar surface area (TPSA) is 47.1 Å². The minimum absolute atomic E-state index is 0.538. The predicted molar refractivity (Wildman–Crippen MR) is 86.7 cm³/mol. The van der Waals surface area contributed by atoms with Crippen molar-refractivity contribution in [3.63, 3.8) is 0 Å². The molecule has 4 rings (SSSR count). The van der Waals surface area contributed by atoms with E-state index in [1.807, 2.05) is 60.8 Å². The summed E-state index contributed by atoms with van der Waals surface area (Å²) in [6, 6.07) is 17.6. The third kappa shape index (κ3) is 2.15. The number of fused-ring (bicyclic) bond motifs is 2. The number of benzene rings is 2. The van der Waals surface area contributed by atoms with Gasteiger partial charge in [-0.2, -0.15) is 0 Å². The summed E-state index contributed by atoms with van der Waals surface area (Å²) in [5, 5.41) is 2.07. The SMILES string of the molecule is COc1cc(Oc2ccc3[nH]ccc3c2)c2ccccc2n1. The Balaban J connectivity index is 1.82. The summed E-state index contributed by atoms with van der Waals surface area (Å²) in [6.07, 6.45) is 1.92. The fourth-order valence-corrected chi connectivity index (χ4v) is 2.53. The van der Waals surface area contributed by atoms with E-state index in [1.165, 1.54) is 0 Å². The molecule has 0 aliphatic heterocycles. The first kappa shape index (κ1) is 12.7. The van der Waals surface area contributed by atoms with E-state index in [0.29, 0.717) is 5.88 Å². The Morgan fingerprint density at radius 2 is 1.91 bits per heavy atom. The largest absolute Gasteiger partial charge is 0.481 e. The van der Waals surface area contributed by atoms with Crippen LogP contribution < -0.4 is 9.47 Å². The Hall–Kier alpha value is -3.01. The quantitative estimate of drug-likeness (QED) is 0.603. The molecule has 2 aromatic heterocycles. The van der Waals surface area contributed by atoms with Gasteiger partial charge < -0.3 is 14.5 Å². The molecule has 22 heavy (non-hydrogen) atoms. The van der Waals surface area contributed by atoms with Crippen molar-refractivity contribution in [3.05, 3.63) is 60.8 Å². The standard InChI is InChI=1S/C18H14N2O2/c1-21-18-11-17(14-4-2-3-5-16(14)20-18)22-13-6-7-15-12(10-13)8-9-19-15/h2-11,19H,1H3. The number of aromatic amines is 1. The maximum Gasteiger partial charge on any atom is 0.217 e. The molecule has 4 nitrogen and oxygen atoms in total. The second kappa shape index (κ2) is 5.07. The molecule has 0 radical (unpaired) electrons. The van der Waals surface area contributed by atoms with Gasteiger partial charge in [0.2, 0.25) is 5.88 Å². The van der Waals surface area contributed by atoms with Gasteiger partial charge in [0.15, 0.2) is 0 Å². The normalized spacial score (nSPS) is 11.0. The smallest absolute Gasteiger partial charge is 0.217 e. The number of methoxy groups -OCH3 is 1. The predicted octanol–water partition coefficient (Wildman–Crippen LogP) is 4.52. The molecular formula is C18H14N2O2. The van der Waals surface area contributed by atoms with Crippen LogP contribution in [0.1, 0.15) is 0 Å². The first-order chi connectivity index (χ1) is 10.8. The van der Waals surface area contributed by atoms with Crippen molar-refractivity contribution in [2.45, 2.75) is 0 Å². The lowest BCUT2D eigenvalue weighted by Crippen LogP contribution is -1.92. The van der Waals surface area contributed by atoms with Gasteiger partial charge in [0.25, 0.3) is 0 Å². The van der Waals surface area contributed by atoms with Gasteiger partial charge in [-0.15, -0.1) is 0 Å². The zero-order valence-corrected chi connectivity index (χ0v) is 12.0. The van der Waals surface area contributed by atoms with Gasteiger partial charge in [-0.1, -0.05) is 12.1 Å². The maximum absolute atomic E-state index is 6.08. The number of aromatic nitrogens is 2. The number of para-hydroxylation sites is 1. The summed E-state index contributed by atoms with van der Waals surface area (Å²) in [5.74, 6) is 2.05. The molecule has 0 saturated heterocycles. The average Bonchev–Trinajstić information content (AvgIpc) is 3.02. The van der Waals surface area contributed by atoms with E-state index < -0.39 is 0 Å². The molecule has 0 spiro atoms. The minimum atomic E-state index is 0.538. The number of nitrogens with one attached hydrogen (secondary N) is 1. The van der Waals surface area contributed by atoms with Crippen molar-refractivity contribution in [3.8, 4) is 17.4 Å². The molecule has 0 aliphatic carbocycles. The summed E-state index contributed by atoms with van der Waals surface area (Å²) in [6.45, 7) is 0. The van der Waals surface area contributed by atoms with Gasteiger partial charge >= 0.3 is 0 Å². The summed E-state index contributed by atoms with van der Waals surface area (Å²) >= 11 is 0. The highest BCUT2D eigenvalue weighted by Crippen LogP contribution is 2.33. The molecular weight excluding hydrogens is 276 g/mol. The van der Waals surface area contributed by atoms with Crippen molar-refractivity contribution in [2.75, 3.05) is 7.11 Å². The Morgan fingerprint density at radius 1 is 1.00 bits per heavy atom. The molecule has 2 aromatic carbocycles. The average molecular weight is 290 g/mol.